The molecule has 0 spiro atoms. The van der Waals surface area contributed by atoms with Gasteiger partial charge in [0.1, 0.15) is 5.52 Å². The quantitative estimate of drug-likeness (QED) is 0.802. The molecule has 0 unspecified atom stereocenters. The van der Waals surface area contributed by atoms with E-state index in [0.29, 0.717) is 35.8 Å². The summed E-state index contributed by atoms with van der Waals surface area (Å²) < 4.78 is 5.72. The summed E-state index contributed by atoms with van der Waals surface area (Å²) in [5, 5.41) is 2.87. The fourth-order valence-electron chi connectivity index (χ4n) is 2.47. The van der Waals surface area contributed by atoms with E-state index < -0.39 is 5.54 Å². The molecular weight excluding hydrogens is 256 g/mol. The summed E-state index contributed by atoms with van der Waals surface area (Å²) in [6.45, 7) is 5.71. The molecule has 1 fully saturated rings. The zero-order chi connectivity index (χ0) is 14.3. The molecule has 0 bridgehead atoms. The van der Waals surface area contributed by atoms with Crippen molar-refractivity contribution in [3.05, 3.63) is 24.1 Å². The first-order valence-corrected chi connectivity index (χ1v) is 6.66. The third-order valence-corrected chi connectivity index (χ3v) is 3.83. The van der Waals surface area contributed by atoms with E-state index in [9.17, 15) is 4.79 Å². The predicted molar refractivity (Wildman–Crippen MR) is 75.9 cm³/mol. The van der Waals surface area contributed by atoms with Crippen LogP contribution in [0, 0.1) is 0 Å². The van der Waals surface area contributed by atoms with E-state index in [1.165, 1.54) is 0 Å². The molecule has 106 valence electrons. The molecule has 1 aromatic carbocycles. The number of nitrogens with two attached hydrogens (primary N) is 1. The first kappa shape index (κ1) is 12.9. The van der Waals surface area contributed by atoms with Gasteiger partial charge in [-0.1, -0.05) is 6.07 Å². The number of oxazole rings is 1. The van der Waals surface area contributed by atoms with Gasteiger partial charge in [0.15, 0.2) is 5.58 Å². The van der Waals surface area contributed by atoms with E-state index >= 15 is 0 Å². The highest BCUT2D eigenvalue weighted by Crippen LogP contribution is 2.25. The molecule has 3 rings (SSSR count). The highest BCUT2D eigenvalue weighted by Gasteiger charge is 2.38. The average molecular weight is 274 g/mol. The first-order valence-electron chi connectivity index (χ1n) is 6.66. The molecule has 1 amide bonds. The Kier molecular flexibility index (Phi) is 2.90. The Hall–Kier alpha value is -2.08. The third kappa shape index (κ3) is 2.02. The number of nitrogens with one attached hydrogen (secondary N) is 1. The number of piperazine rings is 1. The summed E-state index contributed by atoms with van der Waals surface area (Å²) in [4.78, 5) is 18.4. The van der Waals surface area contributed by atoms with Crippen LogP contribution in [0.4, 0.5) is 5.69 Å². The van der Waals surface area contributed by atoms with Crippen LogP contribution in [-0.4, -0.2) is 34.4 Å². The lowest BCUT2D eigenvalue weighted by molar-refractivity contribution is -0.135. The monoisotopic (exact) mass is 274 g/mol. The molecule has 1 saturated heterocycles. The van der Waals surface area contributed by atoms with Crippen molar-refractivity contribution in [1.29, 1.82) is 0 Å². The highest BCUT2D eigenvalue weighted by atomic mass is 16.3. The molecule has 2 aromatic rings. The maximum atomic E-state index is 11.9. The van der Waals surface area contributed by atoms with Crippen molar-refractivity contribution in [2.45, 2.75) is 25.9 Å². The van der Waals surface area contributed by atoms with E-state index in [0.717, 1.165) is 6.54 Å². The topological polar surface area (TPSA) is 84.4 Å². The van der Waals surface area contributed by atoms with Gasteiger partial charge in [-0.3, -0.25) is 9.69 Å². The Morgan fingerprint density at radius 1 is 1.50 bits per heavy atom. The van der Waals surface area contributed by atoms with Gasteiger partial charge in [0, 0.05) is 13.1 Å². The molecule has 0 saturated carbocycles. The smallest absolute Gasteiger partial charge is 0.240 e. The Balaban J connectivity index is 1.89. The molecule has 1 aromatic heterocycles. The number of hydrogen-bond acceptors (Lipinski definition) is 5. The van der Waals surface area contributed by atoms with Crippen LogP contribution in [-0.2, 0) is 11.3 Å². The minimum atomic E-state index is -0.565. The number of carbonyl (C=O) groups excluding carboxylic acids is 1. The number of hydrogen-bond donors (Lipinski definition) is 2. The van der Waals surface area contributed by atoms with Gasteiger partial charge in [-0.2, -0.15) is 0 Å². The lowest BCUT2D eigenvalue weighted by Crippen LogP contribution is -2.61. The van der Waals surface area contributed by atoms with E-state index in [4.69, 9.17) is 10.2 Å². The number of aromatic nitrogens is 1. The zero-order valence-corrected chi connectivity index (χ0v) is 11.6. The van der Waals surface area contributed by atoms with Crippen LogP contribution in [0.1, 0.15) is 19.7 Å². The van der Waals surface area contributed by atoms with Crippen molar-refractivity contribution in [3.63, 3.8) is 0 Å². The maximum Gasteiger partial charge on any atom is 0.240 e. The van der Waals surface area contributed by atoms with E-state index in [1.807, 2.05) is 26.0 Å². The summed E-state index contributed by atoms with van der Waals surface area (Å²) in [6, 6.07) is 5.48. The number of anilines is 1. The summed E-state index contributed by atoms with van der Waals surface area (Å²) in [7, 11) is 0. The summed E-state index contributed by atoms with van der Waals surface area (Å²) in [6.07, 6.45) is 0. The Morgan fingerprint density at radius 3 is 3.05 bits per heavy atom. The number of amides is 1. The number of carbonyl (C=O) groups is 1. The molecule has 6 nitrogen and oxygen atoms in total. The summed E-state index contributed by atoms with van der Waals surface area (Å²) in [5.74, 6) is 0.611. The molecular formula is C14H18N4O2. The van der Waals surface area contributed by atoms with E-state index in [1.54, 1.807) is 6.07 Å². The fraction of sp³-hybridized carbons (Fsp3) is 0.429. The van der Waals surface area contributed by atoms with Gasteiger partial charge in [0.05, 0.1) is 17.8 Å². The summed E-state index contributed by atoms with van der Waals surface area (Å²) in [5.41, 5.74) is 7.28. The van der Waals surface area contributed by atoms with Gasteiger partial charge >= 0.3 is 0 Å². The van der Waals surface area contributed by atoms with Crippen molar-refractivity contribution < 1.29 is 9.21 Å². The summed E-state index contributed by atoms with van der Waals surface area (Å²) >= 11 is 0. The lowest BCUT2D eigenvalue weighted by atomic mass is 9.99. The minimum absolute atomic E-state index is 0.0272. The van der Waals surface area contributed by atoms with Crippen molar-refractivity contribution in [1.82, 2.24) is 15.2 Å². The Labute approximate surface area is 116 Å². The second-order valence-electron chi connectivity index (χ2n) is 5.54. The van der Waals surface area contributed by atoms with Gasteiger partial charge in [0.25, 0.3) is 0 Å². The van der Waals surface area contributed by atoms with Crippen LogP contribution in [0.5, 0.6) is 0 Å². The number of nitrogen functional groups attached to an aromatic ring is 1. The number of rotatable bonds is 2. The first-order chi connectivity index (χ1) is 9.48. The molecule has 0 aliphatic carbocycles. The molecule has 3 N–H and O–H groups in total. The number of nitrogens with zero attached hydrogens (tertiary/aromatic N) is 2. The lowest BCUT2D eigenvalue weighted by Gasteiger charge is -2.40. The van der Waals surface area contributed by atoms with E-state index in [2.05, 4.69) is 15.2 Å². The Bertz CT molecular complexity index is 662. The van der Waals surface area contributed by atoms with Crippen molar-refractivity contribution in [3.8, 4) is 0 Å². The molecule has 0 atom stereocenters. The second kappa shape index (κ2) is 4.49. The van der Waals surface area contributed by atoms with Gasteiger partial charge in [0.2, 0.25) is 11.8 Å². The third-order valence-electron chi connectivity index (χ3n) is 3.83. The van der Waals surface area contributed by atoms with E-state index in [-0.39, 0.29) is 5.91 Å². The zero-order valence-electron chi connectivity index (χ0n) is 11.6. The largest absolute Gasteiger partial charge is 0.439 e. The SMILES string of the molecule is CC1(C)C(=O)NCCN1Cc1nc2c(N)cccc2o1. The van der Waals surface area contributed by atoms with Crippen LogP contribution < -0.4 is 11.1 Å². The molecule has 1 aliphatic rings. The molecule has 6 heteroatoms. The number of para-hydroxylation sites is 1. The second-order valence-corrected chi connectivity index (χ2v) is 5.54. The highest BCUT2D eigenvalue weighted by molar-refractivity contribution is 5.86. The average Bonchev–Trinajstić information content (AvgIpc) is 2.80. The van der Waals surface area contributed by atoms with Gasteiger partial charge < -0.3 is 15.5 Å². The molecule has 1 aliphatic heterocycles. The molecule has 0 radical (unpaired) electrons. The van der Waals surface area contributed by atoms with Crippen molar-refractivity contribution >= 4 is 22.7 Å². The van der Waals surface area contributed by atoms with Crippen LogP contribution in [0.3, 0.4) is 0 Å². The van der Waals surface area contributed by atoms with Crippen LogP contribution in [0.25, 0.3) is 11.1 Å². The number of benzene rings is 1. The van der Waals surface area contributed by atoms with Crippen LogP contribution >= 0.6 is 0 Å². The predicted octanol–water partition coefficient (Wildman–Crippen LogP) is 1.12. The molecule has 20 heavy (non-hydrogen) atoms. The fourth-order valence-corrected chi connectivity index (χ4v) is 2.47. The Morgan fingerprint density at radius 2 is 2.30 bits per heavy atom. The van der Waals surface area contributed by atoms with Crippen molar-refractivity contribution in [2.24, 2.45) is 0 Å². The standard InChI is InChI=1S/C14H18N4O2/c1-14(2)13(19)16-6-7-18(14)8-11-17-12-9(15)4-3-5-10(12)20-11/h3-5H,6-8,15H2,1-2H3,(H,16,19). The van der Waals surface area contributed by atoms with Gasteiger partial charge in [-0.15, -0.1) is 0 Å². The van der Waals surface area contributed by atoms with Gasteiger partial charge in [-0.25, -0.2) is 4.98 Å². The van der Waals surface area contributed by atoms with Gasteiger partial charge in [-0.05, 0) is 26.0 Å². The van der Waals surface area contributed by atoms with Crippen LogP contribution in [0.2, 0.25) is 0 Å². The maximum absolute atomic E-state index is 11.9. The minimum Gasteiger partial charge on any atom is -0.439 e. The van der Waals surface area contributed by atoms with Crippen molar-refractivity contribution in [2.75, 3.05) is 18.8 Å². The molecule has 2 heterocycles. The van der Waals surface area contributed by atoms with Crippen LogP contribution in [0.15, 0.2) is 22.6 Å². The number of fused-ring (bicyclic) bond motifs is 1. The normalized spacial score (nSPS) is 19.2.